The minimum Gasteiger partial charge on any atom is -0.457 e. The second-order valence-corrected chi connectivity index (χ2v) is 11.9. The van der Waals surface area contributed by atoms with E-state index in [0.29, 0.717) is 31.6 Å². The maximum atomic E-state index is 14.0. The highest BCUT2D eigenvalue weighted by molar-refractivity contribution is 7.07. The van der Waals surface area contributed by atoms with Crippen molar-refractivity contribution in [1.82, 2.24) is 4.57 Å². The Morgan fingerprint density at radius 2 is 1.81 bits per heavy atom. The van der Waals surface area contributed by atoms with Crippen LogP contribution in [0.1, 0.15) is 40.5 Å². The van der Waals surface area contributed by atoms with Crippen LogP contribution in [0, 0.1) is 0 Å². The van der Waals surface area contributed by atoms with Crippen molar-refractivity contribution in [2.24, 2.45) is 4.99 Å². The van der Waals surface area contributed by atoms with Crippen LogP contribution in [0.25, 0.3) is 23.1 Å². The van der Waals surface area contributed by atoms with Crippen LogP contribution in [-0.2, 0) is 12.6 Å². The zero-order chi connectivity index (χ0) is 29.2. The molecule has 1 atom stereocenters. The van der Waals surface area contributed by atoms with E-state index in [1.807, 2.05) is 24.3 Å². The average Bonchev–Trinajstić information content (AvgIpc) is 3.56. The fourth-order valence-corrected chi connectivity index (χ4v) is 7.08. The van der Waals surface area contributed by atoms with Gasteiger partial charge < -0.3 is 4.42 Å². The third kappa shape index (κ3) is 4.64. The van der Waals surface area contributed by atoms with Gasteiger partial charge in [0, 0.05) is 27.2 Å². The molecule has 5 aromatic rings. The normalized spacial score (nSPS) is 16.6. The molecule has 4 nitrogen and oxygen atoms in total. The summed E-state index contributed by atoms with van der Waals surface area (Å²) >= 11 is 14.1. The van der Waals surface area contributed by atoms with E-state index in [2.05, 4.69) is 6.07 Å². The lowest BCUT2D eigenvalue weighted by atomic mass is 9.83. The van der Waals surface area contributed by atoms with E-state index >= 15 is 0 Å². The fraction of sp³-hybridized carbons (Fsp3) is 0.125. The van der Waals surface area contributed by atoms with Crippen LogP contribution >= 0.6 is 34.5 Å². The molecule has 1 aliphatic heterocycles. The molecule has 3 aromatic carbocycles. The average molecular weight is 623 g/mol. The SMILES string of the molecule is O=c1c(=Cc2ccc(-c3cccc(C(F)(F)F)c3)o2)sc2n1C(c1ccc(Cl)cc1Cl)C1=C(N=2)c2ccccc2CC1. The first-order chi connectivity index (χ1) is 20.2. The van der Waals surface area contributed by atoms with Crippen molar-refractivity contribution in [3.05, 3.63) is 142 Å². The van der Waals surface area contributed by atoms with Gasteiger partial charge in [0.2, 0.25) is 0 Å². The smallest absolute Gasteiger partial charge is 0.416 e. The van der Waals surface area contributed by atoms with Gasteiger partial charge in [-0.1, -0.05) is 77.0 Å². The molecule has 0 saturated carbocycles. The summed E-state index contributed by atoms with van der Waals surface area (Å²) in [6.07, 6.45) is -1.36. The number of hydrogen-bond acceptors (Lipinski definition) is 4. The molecule has 0 bridgehead atoms. The Balaban J connectivity index is 1.38. The van der Waals surface area contributed by atoms with E-state index in [-0.39, 0.29) is 16.9 Å². The Morgan fingerprint density at radius 1 is 0.976 bits per heavy atom. The van der Waals surface area contributed by atoms with Gasteiger partial charge in [-0.25, -0.2) is 4.99 Å². The van der Waals surface area contributed by atoms with Crippen molar-refractivity contribution in [2.45, 2.75) is 25.1 Å². The minimum atomic E-state index is -4.47. The van der Waals surface area contributed by atoms with Crippen molar-refractivity contribution in [2.75, 3.05) is 0 Å². The minimum absolute atomic E-state index is 0.262. The number of rotatable bonds is 3. The Bertz CT molecular complexity index is 2110. The number of aryl methyl sites for hydroxylation is 1. The Morgan fingerprint density at radius 3 is 2.62 bits per heavy atom. The lowest BCUT2D eigenvalue weighted by molar-refractivity contribution is -0.137. The van der Waals surface area contributed by atoms with Crippen molar-refractivity contribution in [1.29, 1.82) is 0 Å². The van der Waals surface area contributed by atoms with Gasteiger partial charge in [0.25, 0.3) is 5.56 Å². The lowest BCUT2D eigenvalue weighted by Gasteiger charge is -2.31. The molecule has 2 aromatic heterocycles. The summed E-state index contributed by atoms with van der Waals surface area (Å²) in [6, 6.07) is 21.0. The van der Waals surface area contributed by atoms with E-state index in [4.69, 9.17) is 32.6 Å². The number of nitrogens with zero attached hydrogens (tertiary/aromatic N) is 2. The molecule has 1 unspecified atom stereocenters. The first-order valence-corrected chi connectivity index (χ1v) is 14.6. The van der Waals surface area contributed by atoms with Gasteiger partial charge >= 0.3 is 6.18 Å². The molecule has 210 valence electrons. The van der Waals surface area contributed by atoms with Crippen LogP contribution in [0.15, 0.2) is 98.6 Å². The van der Waals surface area contributed by atoms with E-state index in [1.54, 1.807) is 41.0 Å². The van der Waals surface area contributed by atoms with Crippen LogP contribution in [0.3, 0.4) is 0 Å². The molecule has 0 saturated heterocycles. The molecule has 0 spiro atoms. The van der Waals surface area contributed by atoms with Gasteiger partial charge in [0.1, 0.15) is 11.5 Å². The number of benzene rings is 3. The third-order valence-corrected chi connectivity index (χ3v) is 9.05. The number of furan rings is 1. The molecular formula is C32H19Cl2F3N2O2S. The second kappa shape index (κ2) is 10.2. The summed E-state index contributed by atoms with van der Waals surface area (Å²) in [5, 5.41) is 0.945. The zero-order valence-corrected chi connectivity index (χ0v) is 23.9. The molecule has 2 aliphatic rings. The summed E-state index contributed by atoms with van der Waals surface area (Å²) < 4.78 is 47.6. The van der Waals surface area contributed by atoms with Crippen molar-refractivity contribution in [3.8, 4) is 11.3 Å². The van der Waals surface area contributed by atoms with Crippen molar-refractivity contribution < 1.29 is 17.6 Å². The summed E-state index contributed by atoms with van der Waals surface area (Å²) in [4.78, 5) is 19.4. The lowest BCUT2D eigenvalue weighted by Crippen LogP contribution is -2.38. The quantitative estimate of drug-likeness (QED) is 0.205. The van der Waals surface area contributed by atoms with E-state index in [0.717, 1.165) is 41.0 Å². The van der Waals surface area contributed by atoms with Crippen LogP contribution in [0.4, 0.5) is 13.2 Å². The summed E-state index contributed by atoms with van der Waals surface area (Å²) in [5.41, 5.74) is 4.07. The van der Waals surface area contributed by atoms with E-state index in [1.165, 1.54) is 23.0 Å². The van der Waals surface area contributed by atoms with Gasteiger partial charge in [-0.15, -0.1) is 0 Å². The molecule has 3 heterocycles. The molecule has 0 fully saturated rings. The standard InChI is InChI=1S/C32H19Cl2F3N2O2S/c33-20-9-12-23(25(34)15-20)29-24-11-8-17-4-1-2-7-22(17)28(24)38-31-39(29)30(40)27(42-31)16-21-10-13-26(41-21)18-5-3-6-19(14-18)32(35,36)37/h1-7,9-10,12-16,29H,8,11H2. The summed E-state index contributed by atoms with van der Waals surface area (Å²) in [5.74, 6) is 0.598. The first kappa shape index (κ1) is 27.0. The Kier molecular flexibility index (Phi) is 6.53. The second-order valence-electron chi connectivity index (χ2n) is 10.1. The highest BCUT2D eigenvalue weighted by atomic mass is 35.5. The zero-order valence-electron chi connectivity index (χ0n) is 21.6. The van der Waals surface area contributed by atoms with Gasteiger partial charge in [-0.3, -0.25) is 9.36 Å². The van der Waals surface area contributed by atoms with E-state index in [9.17, 15) is 18.0 Å². The van der Waals surface area contributed by atoms with Crippen LogP contribution in [0.2, 0.25) is 10.0 Å². The number of hydrogen-bond donors (Lipinski definition) is 0. The third-order valence-electron chi connectivity index (χ3n) is 7.50. The molecule has 42 heavy (non-hydrogen) atoms. The molecule has 7 rings (SSSR count). The predicted molar refractivity (Wildman–Crippen MR) is 158 cm³/mol. The highest BCUT2D eigenvalue weighted by Crippen LogP contribution is 2.43. The van der Waals surface area contributed by atoms with Crippen molar-refractivity contribution >= 4 is 46.3 Å². The predicted octanol–water partition coefficient (Wildman–Crippen LogP) is 7.90. The first-order valence-electron chi connectivity index (χ1n) is 13.0. The molecule has 10 heteroatoms. The van der Waals surface area contributed by atoms with Gasteiger partial charge in [-0.05, 0) is 65.9 Å². The highest BCUT2D eigenvalue weighted by Gasteiger charge is 2.34. The number of aromatic nitrogens is 1. The molecular weight excluding hydrogens is 604 g/mol. The van der Waals surface area contributed by atoms with Crippen LogP contribution < -0.4 is 14.9 Å². The maximum absolute atomic E-state index is 14.0. The Labute approximate surface area is 251 Å². The summed E-state index contributed by atoms with van der Waals surface area (Å²) in [6.45, 7) is 0. The topological polar surface area (TPSA) is 47.5 Å². The molecule has 1 aliphatic carbocycles. The largest absolute Gasteiger partial charge is 0.457 e. The molecule has 0 amide bonds. The fourth-order valence-electron chi connectivity index (χ4n) is 5.59. The maximum Gasteiger partial charge on any atom is 0.416 e. The molecule has 0 N–H and O–H groups in total. The van der Waals surface area contributed by atoms with Crippen LogP contribution in [-0.4, -0.2) is 4.57 Å². The van der Waals surface area contributed by atoms with Crippen LogP contribution in [0.5, 0.6) is 0 Å². The molecule has 0 radical (unpaired) electrons. The number of alkyl halides is 3. The van der Waals surface area contributed by atoms with Gasteiger partial charge in [-0.2, -0.15) is 13.2 Å². The Hall–Kier alpha value is -3.85. The number of halogens is 5. The number of fused-ring (bicyclic) bond motifs is 3. The number of allylic oxidation sites excluding steroid dienone is 1. The van der Waals surface area contributed by atoms with Crippen molar-refractivity contribution in [3.63, 3.8) is 0 Å². The van der Waals surface area contributed by atoms with E-state index < -0.39 is 17.8 Å². The van der Waals surface area contributed by atoms with Gasteiger partial charge in [0.15, 0.2) is 4.80 Å². The van der Waals surface area contributed by atoms with Gasteiger partial charge in [0.05, 0.1) is 21.8 Å². The number of thiazole rings is 1. The monoisotopic (exact) mass is 622 g/mol. The summed E-state index contributed by atoms with van der Waals surface area (Å²) in [7, 11) is 0.